The Kier molecular flexibility index (Phi) is 2.50. The molecule has 2 N–H and O–H groups in total. The van der Waals surface area contributed by atoms with Gasteiger partial charge < -0.3 is 5.73 Å². The van der Waals surface area contributed by atoms with Crippen LogP contribution >= 0.6 is 11.8 Å². The Balaban J connectivity index is 1.67. The van der Waals surface area contributed by atoms with Crippen molar-refractivity contribution in [2.75, 3.05) is 18.8 Å². The second kappa shape index (κ2) is 3.69. The monoisotopic (exact) mass is 212 g/mol. The van der Waals surface area contributed by atoms with Crippen LogP contribution in [0.3, 0.4) is 0 Å². The fraction of sp³-hybridized carbons (Fsp3) is 1.00. The largest absolute Gasteiger partial charge is 0.329 e. The maximum Gasteiger partial charge on any atom is 0.0250 e. The first-order chi connectivity index (χ1) is 6.88. The summed E-state index contributed by atoms with van der Waals surface area (Å²) in [6.07, 6.45) is 5.75. The Labute approximate surface area is 90.6 Å². The van der Waals surface area contributed by atoms with Crippen molar-refractivity contribution in [2.45, 2.75) is 43.0 Å². The summed E-state index contributed by atoms with van der Waals surface area (Å²) in [5.74, 6) is 2.30. The van der Waals surface area contributed by atoms with Gasteiger partial charge in [0.2, 0.25) is 0 Å². The molecule has 0 amide bonds. The molecule has 80 valence electrons. The zero-order chi connectivity index (χ0) is 9.54. The molecule has 14 heavy (non-hydrogen) atoms. The number of nitrogens with zero attached hydrogens (tertiary/aromatic N) is 1. The van der Waals surface area contributed by atoms with Crippen LogP contribution in [0.1, 0.15) is 25.7 Å². The van der Waals surface area contributed by atoms with Crippen LogP contribution in [0.4, 0.5) is 0 Å². The average Bonchev–Trinajstić information content (AvgIpc) is 2.71. The molecule has 0 spiro atoms. The summed E-state index contributed by atoms with van der Waals surface area (Å²) in [7, 11) is 0. The van der Waals surface area contributed by atoms with Crippen molar-refractivity contribution >= 4 is 11.8 Å². The highest BCUT2D eigenvalue weighted by Crippen LogP contribution is 2.42. The standard InChI is InChI=1S/C11H20N2S/c12-5-11(8-2-1-3-8)13-6-10-4-9(13)7-14-10/h8-11H,1-7,12H2. The van der Waals surface area contributed by atoms with Crippen LogP contribution in [0.15, 0.2) is 0 Å². The van der Waals surface area contributed by atoms with Gasteiger partial charge in [0.1, 0.15) is 0 Å². The molecule has 2 bridgehead atoms. The molecule has 0 aromatic carbocycles. The molecule has 2 saturated heterocycles. The maximum absolute atomic E-state index is 5.95. The first-order valence-corrected chi connectivity index (χ1v) is 7.01. The highest BCUT2D eigenvalue weighted by Gasteiger charge is 2.43. The van der Waals surface area contributed by atoms with Crippen LogP contribution in [0.25, 0.3) is 0 Å². The maximum atomic E-state index is 5.95. The lowest BCUT2D eigenvalue weighted by Crippen LogP contribution is -2.51. The van der Waals surface area contributed by atoms with Crippen LogP contribution in [-0.4, -0.2) is 41.1 Å². The summed E-state index contributed by atoms with van der Waals surface area (Å²) in [6, 6.07) is 1.60. The summed E-state index contributed by atoms with van der Waals surface area (Å²) in [5.41, 5.74) is 5.95. The molecule has 0 aromatic heterocycles. The van der Waals surface area contributed by atoms with Crippen molar-refractivity contribution in [1.29, 1.82) is 0 Å². The van der Waals surface area contributed by atoms with Crippen molar-refractivity contribution < 1.29 is 0 Å². The van der Waals surface area contributed by atoms with Crippen molar-refractivity contribution in [1.82, 2.24) is 4.90 Å². The van der Waals surface area contributed by atoms with Gasteiger partial charge in [-0.1, -0.05) is 6.42 Å². The summed E-state index contributed by atoms with van der Waals surface area (Å²) in [5, 5.41) is 0.939. The SMILES string of the molecule is NCC(C1CCC1)N1CC2CC1CS2. The summed E-state index contributed by atoms with van der Waals surface area (Å²) < 4.78 is 0. The number of likely N-dealkylation sites (tertiary alicyclic amines) is 1. The van der Waals surface area contributed by atoms with E-state index >= 15 is 0 Å². The van der Waals surface area contributed by atoms with Crippen LogP contribution in [0, 0.1) is 5.92 Å². The molecule has 0 radical (unpaired) electrons. The lowest BCUT2D eigenvalue weighted by Gasteiger charge is -2.42. The zero-order valence-electron chi connectivity index (χ0n) is 8.69. The number of hydrogen-bond acceptors (Lipinski definition) is 3. The molecule has 3 fully saturated rings. The van der Waals surface area contributed by atoms with Crippen LogP contribution in [0.5, 0.6) is 0 Å². The highest BCUT2D eigenvalue weighted by molar-refractivity contribution is 8.00. The Morgan fingerprint density at radius 3 is 2.71 bits per heavy atom. The lowest BCUT2D eigenvalue weighted by molar-refractivity contribution is 0.0957. The van der Waals surface area contributed by atoms with Gasteiger partial charge in [-0.3, -0.25) is 4.90 Å². The van der Waals surface area contributed by atoms with E-state index in [1.54, 1.807) is 0 Å². The summed E-state index contributed by atoms with van der Waals surface area (Å²) >= 11 is 2.18. The summed E-state index contributed by atoms with van der Waals surface area (Å²) in [6.45, 7) is 2.21. The molecule has 3 atom stereocenters. The molecular weight excluding hydrogens is 192 g/mol. The number of rotatable bonds is 3. The Morgan fingerprint density at radius 2 is 2.29 bits per heavy atom. The number of nitrogens with two attached hydrogens (primary N) is 1. The normalized spacial score (nSPS) is 40.1. The first kappa shape index (κ1) is 9.49. The average molecular weight is 212 g/mol. The molecule has 2 nitrogen and oxygen atoms in total. The summed E-state index contributed by atoms with van der Waals surface area (Å²) in [4.78, 5) is 2.74. The van der Waals surface area contributed by atoms with E-state index in [0.29, 0.717) is 0 Å². The van der Waals surface area contributed by atoms with Gasteiger partial charge in [-0.2, -0.15) is 11.8 Å². The minimum Gasteiger partial charge on any atom is -0.329 e. The topological polar surface area (TPSA) is 29.3 Å². The molecule has 1 saturated carbocycles. The van der Waals surface area contributed by atoms with Gasteiger partial charge >= 0.3 is 0 Å². The quantitative estimate of drug-likeness (QED) is 0.765. The third kappa shape index (κ3) is 1.41. The zero-order valence-corrected chi connectivity index (χ0v) is 9.51. The second-order valence-corrected chi connectivity index (χ2v) is 6.37. The molecule has 3 rings (SSSR count). The van der Waals surface area contributed by atoms with Crippen molar-refractivity contribution in [2.24, 2.45) is 11.7 Å². The first-order valence-electron chi connectivity index (χ1n) is 5.96. The van der Waals surface area contributed by atoms with Gasteiger partial charge in [-0.25, -0.2) is 0 Å². The van der Waals surface area contributed by atoms with Crippen molar-refractivity contribution in [3.8, 4) is 0 Å². The number of hydrogen-bond donors (Lipinski definition) is 1. The van der Waals surface area contributed by atoms with Crippen LogP contribution < -0.4 is 5.73 Å². The van der Waals surface area contributed by atoms with E-state index in [1.807, 2.05) is 0 Å². The predicted octanol–water partition coefficient (Wildman–Crippen LogP) is 1.30. The third-order valence-corrected chi connectivity index (χ3v) is 5.69. The number of thioether (sulfide) groups is 1. The van der Waals surface area contributed by atoms with Crippen LogP contribution in [0.2, 0.25) is 0 Å². The Morgan fingerprint density at radius 1 is 1.43 bits per heavy atom. The molecule has 3 aliphatic rings. The lowest BCUT2D eigenvalue weighted by atomic mass is 9.79. The van der Waals surface area contributed by atoms with E-state index in [9.17, 15) is 0 Å². The van der Waals surface area contributed by atoms with E-state index in [0.717, 1.165) is 29.8 Å². The predicted molar refractivity (Wildman–Crippen MR) is 61.5 cm³/mol. The van der Waals surface area contributed by atoms with Crippen molar-refractivity contribution in [3.05, 3.63) is 0 Å². The number of fused-ring (bicyclic) bond motifs is 2. The molecule has 3 unspecified atom stereocenters. The molecule has 0 aromatic rings. The fourth-order valence-corrected chi connectivity index (χ4v) is 4.72. The molecule has 1 aliphatic carbocycles. The molecule has 3 heteroatoms. The van der Waals surface area contributed by atoms with E-state index < -0.39 is 0 Å². The highest BCUT2D eigenvalue weighted by atomic mass is 32.2. The smallest absolute Gasteiger partial charge is 0.0250 e. The van der Waals surface area contributed by atoms with Gasteiger partial charge in [0.25, 0.3) is 0 Å². The van der Waals surface area contributed by atoms with Gasteiger partial charge in [0.15, 0.2) is 0 Å². The third-order valence-electron chi connectivity index (χ3n) is 4.30. The van der Waals surface area contributed by atoms with Gasteiger partial charge in [-0.15, -0.1) is 0 Å². The molecule has 2 aliphatic heterocycles. The fourth-order valence-electron chi connectivity index (χ4n) is 3.26. The van der Waals surface area contributed by atoms with Crippen molar-refractivity contribution in [3.63, 3.8) is 0 Å². The van der Waals surface area contributed by atoms with Gasteiger partial charge in [0.05, 0.1) is 0 Å². The van der Waals surface area contributed by atoms with Crippen LogP contribution in [-0.2, 0) is 0 Å². The van der Waals surface area contributed by atoms with E-state index in [2.05, 4.69) is 16.7 Å². The second-order valence-electron chi connectivity index (χ2n) is 5.04. The van der Waals surface area contributed by atoms with E-state index in [1.165, 1.54) is 38.0 Å². The van der Waals surface area contributed by atoms with E-state index in [4.69, 9.17) is 5.73 Å². The molecule has 2 heterocycles. The minimum absolute atomic E-state index is 0.722. The van der Waals surface area contributed by atoms with Gasteiger partial charge in [0, 0.05) is 36.2 Å². The Bertz CT molecular complexity index is 217. The molecular formula is C11H20N2S. The minimum atomic E-state index is 0.722. The Hall–Kier alpha value is 0.270. The van der Waals surface area contributed by atoms with Gasteiger partial charge in [-0.05, 0) is 25.2 Å². The van der Waals surface area contributed by atoms with E-state index in [-0.39, 0.29) is 0 Å².